The molecule has 2 aromatic carbocycles. The van der Waals surface area contributed by atoms with E-state index < -0.39 is 29.0 Å². The van der Waals surface area contributed by atoms with Crippen LogP contribution in [0.1, 0.15) is 26.5 Å². The number of halogens is 3. The van der Waals surface area contributed by atoms with Gasteiger partial charge in [0.25, 0.3) is 17.4 Å². The highest BCUT2D eigenvalue weighted by Gasteiger charge is 2.18. The number of anilines is 1. The molecule has 0 aliphatic carbocycles. The molecule has 4 aromatic rings. The first-order valence-electron chi connectivity index (χ1n) is 10.7. The summed E-state index contributed by atoms with van der Waals surface area (Å²) < 4.78 is 35.9. The fourth-order valence-electron chi connectivity index (χ4n) is 3.30. The third-order valence-electron chi connectivity index (χ3n) is 5.08. The molecule has 9 nitrogen and oxygen atoms in total. The lowest BCUT2D eigenvalue weighted by atomic mass is 10.2. The normalized spacial score (nSPS) is 10.6. The second-order valence-corrected chi connectivity index (χ2v) is 8.59. The largest absolute Gasteiger partial charge is 0.454 e. The highest BCUT2D eigenvalue weighted by atomic mass is 79.9. The molecule has 2 aromatic heterocycles. The zero-order valence-corrected chi connectivity index (χ0v) is 21.0. The highest BCUT2D eigenvalue weighted by molar-refractivity contribution is 9.10. The number of rotatable bonds is 6. The SMILES string of the molecule is CNC(=O)c1cc(Oc2ccc(NC(=O)c3nn(-c4ccc(Br)cc4F)c(=O)cc3C)cc2F)ccn1. The predicted octanol–water partition coefficient (Wildman–Crippen LogP) is 4.38. The fraction of sp³-hybridized carbons (Fsp3) is 0.0800. The second kappa shape index (κ2) is 10.7. The van der Waals surface area contributed by atoms with Crippen molar-refractivity contribution in [1.29, 1.82) is 0 Å². The van der Waals surface area contributed by atoms with Crippen LogP contribution in [0.4, 0.5) is 14.5 Å². The molecule has 0 aliphatic rings. The van der Waals surface area contributed by atoms with E-state index in [1.807, 2.05) is 0 Å². The number of benzene rings is 2. The Bertz CT molecular complexity index is 1590. The number of amides is 2. The molecule has 0 saturated carbocycles. The molecule has 0 atom stereocenters. The van der Waals surface area contributed by atoms with Crippen LogP contribution in [0, 0.1) is 18.6 Å². The molecule has 0 aliphatic heterocycles. The Hall–Kier alpha value is -4.45. The molecule has 2 N–H and O–H groups in total. The minimum Gasteiger partial charge on any atom is -0.454 e. The van der Waals surface area contributed by atoms with Gasteiger partial charge in [-0.15, -0.1) is 0 Å². The number of pyridine rings is 1. The van der Waals surface area contributed by atoms with Crippen LogP contribution >= 0.6 is 15.9 Å². The van der Waals surface area contributed by atoms with E-state index >= 15 is 0 Å². The molecule has 4 rings (SSSR count). The first-order valence-corrected chi connectivity index (χ1v) is 11.5. The number of hydrogen-bond acceptors (Lipinski definition) is 6. The predicted molar refractivity (Wildman–Crippen MR) is 134 cm³/mol. The van der Waals surface area contributed by atoms with Gasteiger partial charge in [-0.25, -0.2) is 8.78 Å². The number of hydrogen-bond donors (Lipinski definition) is 2. The Balaban J connectivity index is 1.56. The minimum absolute atomic E-state index is 0.0874. The summed E-state index contributed by atoms with van der Waals surface area (Å²) in [6, 6.07) is 11.7. The molecule has 2 amide bonds. The van der Waals surface area contributed by atoms with Crippen molar-refractivity contribution in [1.82, 2.24) is 20.1 Å². The van der Waals surface area contributed by atoms with Gasteiger partial charge in [0, 0.05) is 41.6 Å². The van der Waals surface area contributed by atoms with E-state index in [9.17, 15) is 23.2 Å². The highest BCUT2D eigenvalue weighted by Crippen LogP contribution is 2.27. The quantitative estimate of drug-likeness (QED) is 0.356. The molecular formula is C25H18BrF2N5O4. The van der Waals surface area contributed by atoms with E-state index in [2.05, 4.69) is 36.6 Å². The lowest BCUT2D eigenvalue weighted by molar-refractivity contribution is 0.0956. The number of nitrogens with one attached hydrogen (secondary N) is 2. The summed E-state index contributed by atoms with van der Waals surface area (Å²) in [7, 11) is 1.45. The summed E-state index contributed by atoms with van der Waals surface area (Å²) in [6.07, 6.45) is 1.35. The molecule has 188 valence electrons. The van der Waals surface area contributed by atoms with E-state index in [1.54, 1.807) is 0 Å². The van der Waals surface area contributed by atoms with Crippen molar-refractivity contribution in [3.05, 3.63) is 104 Å². The van der Waals surface area contributed by atoms with Gasteiger partial charge in [-0.2, -0.15) is 9.78 Å². The molecule has 0 saturated heterocycles. The minimum atomic E-state index is -0.789. The number of ether oxygens (including phenoxy) is 1. The van der Waals surface area contributed by atoms with Crippen LogP contribution < -0.4 is 20.9 Å². The monoisotopic (exact) mass is 569 g/mol. The van der Waals surface area contributed by atoms with Crippen LogP contribution in [0.5, 0.6) is 11.5 Å². The van der Waals surface area contributed by atoms with Crippen molar-refractivity contribution in [3.63, 3.8) is 0 Å². The molecule has 0 bridgehead atoms. The first kappa shape index (κ1) is 25.6. The smallest absolute Gasteiger partial charge is 0.276 e. The Morgan fingerprint density at radius 3 is 2.49 bits per heavy atom. The fourth-order valence-corrected chi connectivity index (χ4v) is 3.63. The van der Waals surface area contributed by atoms with E-state index in [0.717, 1.165) is 16.8 Å². The lowest BCUT2D eigenvalue weighted by Crippen LogP contribution is -2.27. The van der Waals surface area contributed by atoms with Crippen molar-refractivity contribution in [2.75, 3.05) is 12.4 Å². The number of aryl methyl sites for hydroxylation is 1. The maximum Gasteiger partial charge on any atom is 0.276 e. The van der Waals surface area contributed by atoms with Gasteiger partial charge in [0.15, 0.2) is 17.3 Å². The Morgan fingerprint density at radius 2 is 1.78 bits per heavy atom. The molecule has 12 heteroatoms. The van der Waals surface area contributed by atoms with Gasteiger partial charge >= 0.3 is 0 Å². The standard InChI is InChI=1S/C25H18BrF2N5O4/c1-13-9-22(34)33(20-5-3-14(26)10-17(20)27)32-23(13)25(36)31-15-4-6-21(18(28)11-15)37-16-7-8-30-19(12-16)24(35)29-2/h3-12H,1-2H3,(H,29,35)(H,31,36). The molecule has 0 fully saturated rings. The number of carbonyl (C=O) groups excluding carboxylic acids is 2. The summed E-state index contributed by atoms with van der Waals surface area (Å²) in [5.74, 6) is -2.63. The van der Waals surface area contributed by atoms with Gasteiger partial charge < -0.3 is 15.4 Å². The number of nitrogens with zero attached hydrogens (tertiary/aromatic N) is 3. The Kier molecular flexibility index (Phi) is 7.39. The number of carbonyl (C=O) groups is 2. The van der Waals surface area contributed by atoms with Crippen LogP contribution in [-0.2, 0) is 0 Å². The average Bonchev–Trinajstić information content (AvgIpc) is 2.86. The molecular weight excluding hydrogens is 552 g/mol. The zero-order valence-electron chi connectivity index (χ0n) is 19.4. The van der Waals surface area contributed by atoms with Gasteiger partial charge in [0.05, 0.1) is 0 Å². The molecule has 0 spiro atoms. The van der Waals surface area contributed by atoms with Crippen LogP contribution in [0.15, 0.2) is 70.1 Å². The summed E-state index contributed by atoms with van der Waals surface area (Å²) in [4.78, 5) is 41.0. The van der Waals surface area contributed by atoms with Gasteiger partial charge in [0.2, 0.25) is 0 Å². The Labute approximate surface area is 217 Å². The molecule has 2 heterocycles. The van der Waals surface area contributed by atoms with Crippen molar-refractivity contribution < 1.29 is 23.1 Å². The van der Waals surface area contributed by atoms with Crippen LogP contribution in [0.25, 0.3) is 5.69 Å². The van der Waals surface area contributed by atoms with Gasteiger partial charge in [-0.05, 0) is 48.9 Å². The third-order valence-corrected chi connectivity index (χ3v) is 5.58. The van der Waals surface area contributed by atoms with Crippen molar-refractivity contribution >= 4 is 33.4 Å². The maximum atomic E-state index is 14.7. The second-order valence-electron chi connectivity index (χ2n) is 7.68. The molecule has 0 radical (unpaired) electrons. The topological polar surface area (TPSA) is 115 Å². The average molecular weight is 570 g/mol. The van der Waals surface area contributed by atoms with Gasteiger partial charge in [0.1, 0.15) is 22.9 Å². The van der Waals surface area contributed by atoms with Crippen molar-refractivity contribution in [3.8, 4) is 17.2 Å². The van der Waals surface area contributed by atoms with E-state index in [1.165, 1.54) is 62.6 Å². The Morgan fingerprint density at radius 1 is 1.00 bits per heavy atom. The van der Waals surface area contributed by atoms with Crippen LogP contribution in [-0.4, -0.2) is 33.6 Å². The van der Waals surface area contributed by atoms with Crippen molar-refractivity contribution in [2.24, 2.45) is 0 Å². The molecule has 37 heavy (non-hydrogen) atoms. The zero-order chi connectivity index (χ0) is 26.7. The van der Waals surface area contributed by atoms with Crippen LogP contribution in [0.3, 0.4) is 0 Å². The summed E-state index contributed by atoms with van der Waals surface area (Å²) in [5, 5.41) is 8.97. The molecule has 0 unspecified atom stereocenters. The first-order chi connectivity index (χ1) is 17.7. The van der Waals surface area contributed by atoms with Gasteiger partial charge in [-0.1, -0.05) is 15.9 Å². The number of aromatic nitrogens is 3. The van der Waals surface area contributed by atoms with E-state index in [4.69, 9.17) is 4.74 Å². The lowest BCUT2D eigenvalue weighted by Gasteiger charge is -2.12. The summed E-state index contributed by atoms with van der Waals surface area (Å²) in [6.45, 7) is 1.50. The van der Waals surface area contributed by atoms with E-state index in [-0.39, 0.29) is 39.8 Å². The maximum absolute atomic E-state index is 14.7. The summed E-state index contributed by atoms with van der Waals surface area (Å²) >= 11 is 3.14. The van der Waals surface area contributed by atoms with Crippen molar-refractivity contribution in [2.45, 2.75) is 6.92 Å². The van der Waals surface area contributed by atoms with Crippen LogP contribution in [0.2, 0.25) is 0 Å². The van der Waals surface area contributed by atoms with Gasteiger partial charge in [-0.3, -0.25) is 19.4 Å². The third kappa shape index (κ3) is 5.70. The summed E-state index contributed by atoms with van der Waals surface area (Å²) in [5.41, 5.74) is -0.479. The van der Waals surface area contributed by atoms with E-state index in [0.29, 0.717) is 4.47 Å².